The van der Waals surface area contributed by atoms with Crippen LogP contribution in [0.15, 0.2) is 42.5 Å². The van der Waals surface area contributed by atoms with Crippen LogP contribution in [0.3, 0.4) is 0 Å². The van der Waals surface area contributed by atoms with Crippen LogP contribution in [0.2, 0.25) is 5.02 Å². The average molecular weight is 319 g/mol. The van der Waals surface area contributed by atoms with Gasteiger partial charge in [0.15, 0.2) is 0 Å². The van der Waals surface area contributed by atoms with E-state index in [1.54, 1.807) is 0 Å². The Morgan fingerprint density at radius 2 is 2.05 bits per heavy atom. The maximum absolute atomic E-state index is 13.5. The van der Waals surface area contributed by atoms with Crippen LogP contribution >= 0.6 is 11.6 Å². The Morgan fingerprint density at radius 1 is 1.32 bits per heavy atom. The minimum absolute atomic E-state index is 0.0607. The van der Waals surface area contributed by atoms with E-state index in [9.17, 15) is 4.39 Å². The summed E-state index contributed by atoms with van der Waals surface area (Å²) in [5.74, 6) is -0.337. The van der Waals surface area contributed by atoms with Crippen LogP contribution in [0.25, 0.3) is 0 Å². The van der Waals surface area contributed by atoms with Crippen molar-refractivity contribution >= 4 is 11.6 Å². The maximum Gasteiger partial charge on any atom is 0.143 e. The first kappa shape index (κ1) is 16.3. The van der Waals surface area contributed by atoms with Gasteiger partial charge in [-0.15, -0.1) is 0 Å². The zero-order valence-corrected chi connectivity index (χ0v) is 12.9. The van der Waals surface area contributed by atoms with Gasteiger partial charge in [-0.2, -0.15) is 5.26 Å². The highest BCUT2D eigenvalue weighted by Crippen LogP contribution is 2.31. The molecule has 1 atom stereocenters. The molecule has 2 aromatic rings. The van der Waals surface area contributed by atoms with Crippen molar-refractivity contribution in [1.82, 2.24) is 5.32 Å². The van der Waals surface area contributed by atoms with Gasteiger partial charge in [0.25, 0.3) is 0 Å². The van der Waals surface area contributed by atoms with E-state index in [1.807, 2.05) is 43.4 Å². The molecule has 0 spiro atoms. The summed E-state index contributed by atoms with van der Waals surface area (Å²) >= 11 is 5.80. The molecule has 0 aromatic heterocycles. The molecule has 0 saturated carbocycles. The molecular formula is C17H16ClFN2O. The maximum atomic E-state index is 13.5. The first-order valence-electron chi connectivity index (χ1n) is 6.91. The van der Waals surface area contributed by atoms with E-state index in [2.05, 4.69) is 5.32 Å². The fourth-order valence-corrected chi connectivity index (χ4v) is 2.26. The first-order valence-corrected chi connectivity index (χ1v) is 7.29. The van der Waals surface area contributed by atoms with Gasteiger partial charge in [0.2, 0.25) is 0 Å². The van der Waals surface area contributed by atoms with Crippen molar-refractivity contribution in [3.05, 3.63) is 64.4 Å². The number of halogens is 2. The lowest BCUT2D eigenvalue weighted by molar-refractivity contribution is 0.194. The molecule has 0 saturated heterocycles. The normalized spacial score (nSPS) is 11.7. The molecule has 22 heavy (non-hydrogen) atoms. The number of rotatable bonds is 6. The third-order valence-electron chi connectivity index (χ3n) is 3.24. The lowest BCUT2D eigenvalue weighted by Gasteiger charge is -2.20. The first-order chi connectivity index (χ1) is 10.7. The van der Waals surface area contributed by atoms with Gasteiger partial charge in [-0.25, -0.2) is 4.39 Å². The highest BCUT2D eigenvalue weighted by molar-refractivity contribution is 6.30. The molecule has 2 aromatic carbocycles. The van der Waals surface area contributed by atoms with E-state index in [0.717, 1.165) is 18.2 Å². The van der Waals surface area contributed by atoms with Gasteiger partial charge in [0, 0.05) is 12.5 Å². The molecule has 5 heteroatoms. The molecule has 0 aliphatic carbocycles. The largest absolute Gasteiger partial charge is 0.484 e. The van der Waals surface area contributed by atoms with E-state index in [1.165, 1.54) is 6.07 Å². The Labute approximate surface area is 134 Å². The van der Waals surface area contributed by atoms with Crippen molar-refractivity contribution in [1.29, 1.82) is 5.26 Å². The van der Waals surface area contributed by atoms with Crippen LogP contribution in [-0.4, -0.2) is 13.6 Å². The topological polar surface area (TPSA) is 45.0 Å². The Hall–Kier alpha value is -2.09. The van der Waals surface area contributed by atoms with E-state index >= 15 is 0 Å². The van der Waals surface area contributed by atoms with Crippen LogP contribution in [0.4, 0.5) is 4.39 Å². The average Bonchev–Trinajstić information content (AvgIpc) is 2.55. The molecule has 0 aliphatic heterocycles. The Kier molecular flexibility index (Phi) is 5.76. The zero-order valence-electron chi connectivity index (χ0n) is 12.1. The summed E-state index contributed by atoms with van der Waals surface area (Å²) in [5, 5.41) is 12.2. The molecule has 0 aliphatic rings. The van der Waals surface area contributed by atoms with E-state index in [4.69, 9.17) is 21.6 Å². The lowest BCUT2D eigenvalue weighted by Crippen LogP contribution is -2.16. The van der Waals surface area contributed by atoms with Gasteiger partial charge in [0.1, 0.15) is 23.7 Å². The summed E-state index contributed by atoms with van der Waals surface area (Å²) in [6, 6.07) is 14.1. The van der Waals surface area contributed by atoms with Crippen molar-refractivity contribution < 1.29 is 9.13 Å². The smallest absolute Gasteiger partial charge is 0.143 e. The molecule has 2 rings (SSSR count). The van der Waals surface area contributed by atoms with Gasteiger partial charge in [-0.1, -0.05) is 41.9 Å². The van der Waals surface area contributed by atoms with E-state index in [-0.39, 0.29) is 16.7 Å². The van der Waals surface area contributed by atoms with E-state index in [0.29, 0.717) is 12.2 Å². The third-order valence-corrected chi connectivity index (χ3v) is 3.53. The second-order valence-corrected chi connectivity index (χ2v) is 5.19. The molecule has 0 heterocycles. The predicted molar refractivity (Wildman–Crippen MR) is 84.5 cm³/mol. The van der Waals surface area contributed by atoms with Crippen LogP contribution in [0.1, 0.15) is 23.7 Å². The minimum atomic E-state index is -0.628. The van der Waals surface area contributed by atoms with E-state index < -0.39 is 5.82 Å². The highest BCUT2D eigenvalue weighted by Gasteiger charge is 2.17. The Morgan fingerprint density at radius 3 is 2.68 bits per heavy atom. The quantitative estimate of drug-likeness (QED) is 0.873. The monoisotopic (exact) mass is 318 g/mol. The summed E-state index contributed by atoms with van der Waals surface area (Å²) in [4.78, 5) is 0. The number of hydrogen-bond acceptors (Lipinski definition) is 3. The molecule has 114 valence electrons. The van der Waals surface area contributed by atoms with Crippen LogP contribution in [0, 0.1) is 17.1 Å². The van der Waals surface area contributed by atoms with Crippen molar-refractivity contribution in [2.45, 2.75) is 12.5 Å². The number of hydrogen-bond donors (Lipinski definition) is 1. The van der Waals surface area contributed by atoms with Crippen molar-refractivity contribution in [3.8, 4) is 11.8 Å². The summed E-state index contributed by atoms with van der Waals surface area (Å²) in [5.41, 5.74) is 1.12. The van der Waals surface area contributed by atoms with Gasteiger partial charge < -0.3 is 10.1 Å². The van der Waals surface area contributed by atoms with Gasteiger partial charge >= 0.3 is 0 Å². The van der Waals surface area contributed by atoms with Crippen molar-refractivity contribution in [2.75, 3.05) is 13.6 Å². The standard InChI is InChI=1S/C17H16ClFN2O/c1-21-8-7-16(12-5-3-2-4-6-12)22-17-10-14(18)15(19)9-13(17)11-20/h2-6,9-10,16,21H,7-8H2,1H3/t16-/m1/s1. The van der Waals surface area contributed by atoms with Crippen LogP contribution in [0.5, 0.6) is 5.75 Å². The molecule has 0 unspecified atom stereocenters. The second-order valence-electron chi connectivity index (χ2n) is 4.78. The van der Waals surface area contributed by atoms with Crippen LogP contribution < -0.4 is 10.1 Å². The van der Waals surface area contributed by atoms with Gasteiger partial charge in [-0.05, 0) is 25.2 Å². The Bertz CT molecular complexity index is 670. The summed E-state index contributed by atoms with van der Waals surface area (Å²) in [6.07, 6.45) is 0.461. The number of ether oxygens (including phenoxy) is 1. The summed E-state index contributed by atoms with van der Waals surface area (Å²) < 4.78 is 19.4. The fourth-order valence-electron chi connectivity index (χ4n) is 2.10. The number of nitrogens with zero attached hydrogens (tertiary/aromatic N) is 1. The third kappa shape index (κ3) is 3.97. The zero-order chi connectivity index (χ0) is 15.9. The lowest BCUT2D eigenvalue weighted by atomic mass is 10.1. The van der Waals surface area contributed by atoms with Crippen molar-refractivity contribution in [3.63, 3.8) is 0 Å². The SMILES string of the molecule is CNCC[C@@H](Oc1cc(Cl)c(F)cc1C#N)c1ccccc1. The Balaban J connectivity index is 2.31. The molecule has 0 fully saturated rings. The summed E-state index contributed by atoms with van der Waals surface area (Å²) in [7, 11) is 1.86. The van der Waals surface area contributed by atoms with Crippen LogP contribution in [-0.2, 0) is 0 Å². The number of nitrogens with one attached hydrogen (secondary N) is 1. The summed E-state index contributed by atoms with van der Waals surface area (Å²) in [6.45, 7) is 0.746. The molecule has 0 amide bonds. The highest BCUT2D eigenvalue weighted by atomic mass is 35.5. The molecular weight excluding hydrogens is 303 g/mol. The predicted octanol–water partition coefficient (Wildman–Crippen LogP) is 4.08. The molecule has 3 nitrogen and oxygen atoms in total. The molecule has 1 N–H and O–H groups in total. The minimum Gasteiger partial charge on any atom is -0.484 e. The second kappa shape index (κ2) is 7.79. The fraction of sp³-hybridized carbons (Fsp3) is 0.235. The molecule has 0 radical (unpaired) electrons. The van der Waals surface area contributed by atoms with Gasteiger partial charge in [0.05, 0.1) is 10.6 Å². The molecule has 0 bridgehead atoms. The van der Waals surface area contributed by atoms with Gasteiger partial charge in [-0.3, -0.25) is 0 Å². The number of benzene rings is 2. The number of nitriles is 1. The van der Waals surface area contributed by atoms with Crippen molar-refractivity contribution in [2.24, 2.45) is 0 Å².